The third kappa shape index (κ3) is 14.6. The molecule has 1 heterocycles. The van der Waals surface area contributed by atoms with E-state index in [9.17, 15) is 33.6 Å². The van der Waals surface area contributed by atoms with E-state index in [0.29, 0.717) is 24.0 Å². The number of carboxylic acid groups (broad SMARTS) is 2. The average molecular weight is 614 g/mol. The molecule has 1 aromatic rings. The topological polar surface area (TPSA) is 252 Å². The number of unbranched alkanes of at least 4 members (excludes halogenated alkanes) is 1. The molecule has 1 aromatic heterocycles. The van der Waals surface area contributed by atoms with Crippen molar-refractivity contribution in [3.63, 3.8) is 0 Å². The zero-order chi connectivity index (χ0) is 31.7. The van der Waals surface area contributed by atoms with E-state index in [4.69, 9.17) is 15.9 Å². The maximum absolute atomic E-state index is 13.3. The van der Waals surface area contributed by atoms with Crippen LogP contribution in [-0.2, 0) is 46.5 Å². The summed E-state index contributed by atoms with van der Waals surface area (Å²) in [5.41, 5.74) is 6.10. The van der Waals surface area contributed by atoms with Crippen LogP contribution in [0.2, 0.25) is 0 Å². The van der Waals surface area contributed by atoms with Gasteiger partial charge in [0.05, 0.1) is 6.33 Å². The minimum absolute atomic E-state index is 0.0625. The van der Waals surface area contributed by atoms with Crippen molar-refractivity contribution < 1.29 is 43.8 Å². The molecule has 17 heteroatoms. The van der Waals surface area contributed by atoms with Crippen LogP contribution in [0, 0.1) is 0 Å². The molecule has 1 rings (SSSR count). The number of thioether (sulfide) groups is 1. The van der Waals surface area contributed by atoms with Gasteiger partial charge in [-0.15, -0.1) is 0 Å². The predicted molar refractivity (Wildman–Crippen MR) is 151 cm³/mol. The highest BCUT2D eigenvalue weighted by Crippen LogP contribution is 2.14. The van der Waals surface area contributed by atoms with Crippen molar-refractivity contribution >= 4 is 52.4 Å². The first-order valence-electron chi connectivity index (χ1n) is 13.3. The molecule has 0 spiro atoms. The van der Waals surface area contributed by atoms with Crippen LogP contribution in [0.5, 0.6) is 0 Å². The molecule has 3 atom stereocenters. The van der Waals surface area contributed by atoms with Crippen LogP contribution in [-0.4, -0.2) is 97.4 Å². The fraction of sp³-hybridized carbons (Fsp3) is 0.600. The molecule has 0 aliphatic heterocycles. The fourth-order valence-corrected chi connectivity index (χ4v) is 4.39. The second kappa shape index (κ2) is 19.2. The molecule has 234 valence electrons. The minimum atomic E-state index is -1.35. The van der Waals surface area contributed by atoms with Gasteiger partial charge in [-0.25, -0.2) is 4.98 Å². The van der Waals surface area contributed by atoms with Gasteiger partial charge in [0.2, 0.25) is 28.7 Å². The number of imidazole rings is 1. The zero-order valence-corrected chi connectivity index (χ0v) is 24.4. The Labute approximate surface area is 246 Å². The Morgan fingerprint density at radius 2 is 1.69 bits per heavy atom. The molecular weight excluding hydrogens is 574 g/mol. The van der Waals surface area contributed by atoms with Crippen molar-refractivity contribution in [2.75, 3.05) is 18.8 Å². The summed E-state index contributed by atoms with van der Waals surface area (Å²) in [5.74, 6) is -5.35. The van der Waals surface area contributed by atoms with E-state index in [0.717, 1.165) is 12.8 Å². The Morgan fingerprint density at radius 3 is 2.31 bits per heavy atom. The predicted octanol–water partition coefficient (Wildman–Crippen LogP) is -1.63. The number of nitrogens with two attached hydrogens (primary N) is 1. The highest BCUT2D eigenvalue weighted by molar-refractivity contribution is 8.13. The van der Waals surface area contributed by atoms with Crippen LogP contribution in [0.15, 0.2) is 12.5 Å². The molecule has 8 N–H and O–H groups in total. The lowest BCUT2D eigenvalue weighted by atomic mass is 10.1. The van der Waals surface area contributed by atoms with Crippen molar-refractivity contribution in [2.45, 2.75) is 77.0 Å². The summed E-state index contributed by atoms with van der Waals surface area (Å²) in [6.07, 6.45) is 4.44. The first-order chi connectivity index (χ1) is 19.8. The maximum Gasteiger partial charge on any atom is 0.322 e. The molecule has 0 radical (unpaired) electrons. The minimum Gasteiger partial charge on any atom is -0.480 e. The normalized spacial score (nSPS) is 12.8. The number of rotatable bonds is 20. The van der Waals surface area contributed by atoms with Crippen molar-refractivity contribution in [3.8, 4) is 0 Å². The van der Waals surface area contributed by atoms with Gasteiger partial charge in [0.25, 0.3) is 0 Å². The van der Waals surface area contributed by atoms with Gasteiger partial charge in [-0.3, -0.25) is 33.6 Å². The van der Waals surface area contributed by atoms with Crippen LogP contribution >= 0.6 is 11.8 Å². The number of carbonyl (C=O) groups excluding carboxylic acids is 5. The summed E-state index contributed by atoms with van der Waals surface area (Å²) in [6, 6.07) is -3.70. The van der Waals surface area contributed by atoms with E-state index in [1.54, 1.807) is 12.5 Å². The highest BCUT2D eigenvalue weighted by Gasteiger charge is 2.28. The van der Waals surface area contributed by atoms with Crippen LogP contribution in [0.1, 0.15) is 51.6 Å². The Bertz CT molecular complexity index is 1110. The molecule has 0 bridgehead atoms. The first-order valence-corrected chi connectivity index (χ1v) is 14.3. The smallest absolute Gasteiger partial charge is 0.322 e. The van der Waals surface area contributed by atoms with Crippen LogP contribution in [0.3, 0.4) is 0 Å². The fourth-order valence-electron chi connectivity index (χ4n) is 3.48. The van der Waals surface area contributed by atoms with Gasteiger partial charge in [-0.2, -0.15) is 0 Å². The SMILES string of the molecule is CCCCn1cncc1C[C@H](NC(=O)CCNC(C)=O)C(=O)SCC(NC(=O)CCC(N)C(=O)O)C(=O)NCC(=O)O. The van der Waals surface area contributed by atoms with Crippen LogP contribution < -0.4 is 27.0 Å². The Balaban J connectivity index is 3.02. The van der Waals surface area contributed by atoms with E-state index < -0.39 is 59.4 Å². The number of aryl methyl sites for hydroxylation is 1. The standard InChI is InChI=1S/C25H39N7O9S/c1-3-4-9-32-14-27-11-16(32)10-18(30-21(35)7-8-28-15(2)33)25(41)42-13-19(23(38)29-12-22(36)37)31-20(34)6-5-17(26)24(39)40/h11,14,17-19H,3-10,12-13,26H2,1-2H3,(H,28,33)(H,29,38)(H,30,35)(H,31,34)(H,36,37)(H,39,40)/t17?,18-,19?/m0/s1. The summed E-state index contributed by atoms with van der Waals surface area (Å²) in [6.45, 7) is 3.31. The molecule has 0 saturated heterocycles. The van der Waals surface area contributed by atoms with Crippen LogP contribution in [0.25, 0.3) is 0 Å². The Hall–Kier alpha value is -3.99. The van der Waals surface area contributed by atoms with E-state index >= 15 is 0 Å². The van der Waals surface area contributed by atoms with Crippen molar-refractivity contribution in [1.82, 2.24) is 30.8 Å². The molecule has 0 fully saturated rings. The zero-order valence-electron chi connectivity index (χ0n) is 23.6. The average Bonchev–Trinajstić information content (AvgIpc) is 3.37. The van der Waals surface area contributed by atoms with Crippen molar-refractivity contribution in [1.29, 1.82) is 0 Å². The molecule has 0 saturated carbocycles. The molecular formula is C25H39N7O9S. The number of amides is 4. The van der Waals surface area contributed by atoms with E-state index in [2.05, 4.69) is 26.3 Å². The molecule has 16 nitrogen and oxygen atoms in total. The largest absolute Gasteiger partial charge is 0.480 e. The third-order valence-corrected chi connectivity index (χ3v) is 6.84. The summed E-state index contributed by atoms with van der Waals surface area (Å²) >= 11 is 0.648. The van der Waals surface area contributed by atoms with Gasteiger partial charge in [0, 0.05) is 56.9 Å². The van der Waals surface area contributed by atoms with Crippen molar-refractivity contribution in [2.24, 2.45) is 5.73 Å². The number of carbonyl (C=O) groups is 7. The first kappa shape index (κ1) is 36.0. The second-order valence-corrected chi connectivity index (χ2v) is 10.4. The lowest BCUT2D eigenvalue weighted by Gasteiger charge is -2.21. The lowest BCUT2D eigenvalue weighted by molar-refractivity contribution is -0.139. The Morgan fingerprint density at radius 1 is 1.02 bits per heavy atom. The van der Waals surface area contributed by atoms with Gasteiger partial charge >= 0.3 is 11.9 Å². The lowest BCUT2D eigenvalue weighted by Crippen LogP contribution is -2.50. The number of aromatic nitrogens is 2. The van der Waals surface area contributed by atoms with E-state index in [1.807, 2.05) is 11.5 Å². The van der Waals surface area contributed by atoms with Gasteiger partial charge < -0.3 is 41.8 Å². The molecule has 0 aromatic carbocycles. The number of carboxylic acids is 2. The summed E-state index contributed by atoms with van der Waals surface area (Å²) in [5, 5.41) is 26.9. The van der Waals surface area contributed by atoms with E-state index in [1.165, 1.54) is 6.92 Å². The molecule has 42 heavy (non-hydrogen) atoms. The van der Waals surface area contributed by atoms with Crippen LogP contribution in [0.4, 0.5) is 0 Å². The molecule has 0 aliphatic rings. The van der Waals surface area contributed by atoms with E-state index in [-0.39, 0.29) is 43.9 Å². The Kier molecular flexibility index (Phi) is 16.5. The van der Waals surface area contributed by atoms with Crippen molar-refractivity contribution in [3.05, 3.63) is 18.2 Å². The highest BCUT2D eigenvalue weighted by atomic mass is 32.2. The molecule has 4 amide bonds. The maximum atomic E-state index is 13.3. The van der Waals surface area contributed by atoms with Gasteiger partial charge in [0.1, 0.15) is 24.7 Å². The van der Waals surface area contributed by atoms with Gasteiger partial charge in [-0.1, -0.05) is 25.1 Å². The number of nitrogens with one attached hydrogen (secondary N) is 4. The van der Waals surface area contributed by atoms with Gasteiger partial charge in [0.15, 0.2) is 0 Å². The number of nitrogens with zero attached hydrogens (tertiary/aromatic N) is 2. The molecule has 2 unspecified atom stereocenters. The summed E-state index contributed by atoms with van der Waals surface area (Å²) in [4.78, 5) is 87.9. The molecule has 0 aliphatic carbocycles. The summed E-state index contributed by atoms with van der Waals surface area (Å²) in [7, 11) is 0. The quantitative estimate of drug-likeness (QED) is 0.0876. The third-order valence-electron chi connectivity index (χ3n) is 5.77. The second-order valence-electron chi connectivity index (χ2n) is 9.33. The summed E-state index contributed by atoms with van der Waals surface area (Å²) < 4.78 is 1.86. The number of hydrogen-bond donors (Lipinski definition) is 7. The monoisotopic (exact) mass is 613 g/mol. The number of hydrogen-bond acceptors (Lipinski definition) is 10. The number of aliphatic carboxylic acids is 2. The van der Waals surface area contributed by atoms with Gasteiger partial charge in [-0.05, 0) is 12.8 Å².